The number of hydrogen-bond acceptors (Lipinski definition) is 6. The molecule has 1 heterocycles. The van der Waals surface area contributed by atoms with Crippen LogP contribution < -0.4 is 14.8 Å². The van der Waals surface area contributed by atoms with E-state index in [0.717, 1.165) is 29.1 Å². The molecule has 2 bridgehead atoms. The lowest BCUT2D eigenvalue weighted by molar-refractivity contribution is -0.144. The summed E-state index contributed by atoms with van der Waals surface area (Å²) in [6.07, 6.45) is 4.43. The Morgan fingerprint density at radius 3 is 2.29 bits per heavy atom. The molecule has 9 nitrogen and oxygen atoms in total. The first-order chi connectivity index (χ1) is 14.8. The van der Waals surface area contributed by atoms with Crippen LogP contribution in [-0.2, 0) is 14.4 Å². The number of amides is 5. The van der Waals surface area contributed by atoms with E-state index in [1.807, 2.05) is 6.92 Å². The van der Waals surface area contributed by atoms with Crippen molar-refractivity contribution in [3.63, 3.8) is 0 Å². The Labute approximate surface area is 180 Å². The number of fused-ring (bicyclic) bond motifs is 2. The van der Waals surface area contributed by atoms with E-state index in [4.69, 9.17) is 9.47 Å². The van der Waals surface area contributed by atoms with Gasteiger partial charge < -0.3 is 14.8 Å². The van der Waals surface area contributed by atoms with E-state index in [2.05, 4.69) is 5.32 Å². The summed E-state index contributed by atoms with van der Waals surface area (Å²) in [4.78, 5) is 52.3. The number of anilines is 1. The number of carbonyl (C=O) groups is 4. The normalized spacial score (nSPS) is 25.9. The monoisotopic (exact) mass is 429 g/mol. The third kappa shape index (κ3) is 3.84. The van der Waals surface area contributed by atoms with Gasteiger partial charge in [0.15, 0.2) is 0 Å². The third-order valence-corrected chi connectivity index (χ3v) is 6.84. The van der Waals surface area contributed by atoms with Crippen LogP contribution in [0.4, 0.5) is 10.5 Å². The van der Waals surface area contributed by atoms with Gasteiger partial charge in [-0.1, -0.05) is 6.42 Å². The summed E-state index contributed by atoms with van der Waals surface area (Å²) in [6, 6.07) is 3.75. The summed E-state index contributed by atoms with van der Waals surface area (Å²) in [5.41, 5.74) is 0.388. The maximum absolute atomic E-state index is 12.9. The van der Waals surface area contributed by atoms with Gasteiger partial charge in [-0.25, -0.2) is 9.69 Å². The molecule has 4 rings (SSSR count). The van der Waals surface area contributed by atoms with Gasteiger partial charge >= 0.3 is 17.8 Å². The second kappa shape index (κ2) is 8.20. The predicted octanol–water partition coefficient (Wildman–Crippen LogP) is 2.26. The predicted molar refractivity (Wildman–Crippen MR) is 111 cm³/mol. The van der Waals surface area contributed by atoms with Gasteiger partial charge in [0.05, 0.1) is 14.2 Å². The Kier molecular flexibility index (Phi) is 5.60. The van der Waals surface area contributed by atoms with E-state index in [9.17, 15) is 19.2 Å². The maximum atomic E-state index is 12.9. The van der Waals surface area contributed by atoms with Crippen molar-refractivity contribution in [3.05, 3.63) is 18.2 Å². The lowest BCUT2D eigenvalue weighted by Crippen LogP contribution is -2.45. The average molecular weight is 429 g/mol. The van der Waals surface area contributed by atoms with Gasteiger partial charge in [-0.2, -0.15) is 0 Å². The molecule has 31 heavy (non-hydrogen) atoms. The Morgan fingerprint density at radius 2 is 1.74 bits per heavy atom. The van der Waals surface area contributed by atoms with Crippen molar-refractivity contribution in [3.8, 4) is 11.5 Å². The molecule has 3 aliphatic rings. The van der Waals surface area contributed by atoms with Gasteiger partial charge in [-0.3, -0.25) is 19.3 Å². The van der Waals surface area contributed by atoms with Gasteiger partial charge in [0, 0.05) is 29.9 Å². The number of nitrogens with zero attached hydrogens (tertiary/aromatic N) is 2. The number of benzene rings is 1. The van der Waals surface area contributed by atoms with E-state index >= 15 is 0 Å². The maximum Gasteiger partial charge on any atom is 0.334 e. The van der Waals surface area contributed by atoms with Gasteiger partial charge in [-0.15, -0.1) is 0 Å². The highest BCUT2D eigenvalue weighted by Crippen LogP contribution is 2.50. The molecule has 0 spiro atoms. The Morgan fingerprint density at radius 1 is 1.06 bits per heavy atom. The van der Waals surface area contributed by atoms with Gasteiger partial charge in [0.2, 0.25) is 5.91 Å². The fourth-order valence-electron chi connectivity index (χ4n) is 5.32. The quantitative estimate of drug-likeness (QED) is 0.527. The first-order valence-corrected chi connectivity index (χ1v) is 10.5. The number of urea groups is 1. The molecule has 3 fully saturated rings. The summed E-state index contributed by atoms with van der Waals surface area (Å²) in [6.45, 7) is 1.30. The third-order valence-electron chi connectivity index (χ3n) is 6.84. The molecule has 0 aromatic heterocycles. The molecule has 5 amide bonds. The molecule has 1 N–H and O–H groups in total. The molecule has 1 aliphatic heterocycles. The molecule has 2 saturated carbocycles. The van der Waals surface area contributed by atoms with Gasteiger partial charge in [0.1, 0.15) is 18.0 Å². The molecule has 1 saturated heterocycles. The lowest BCUT2D eigenvalue weighted by Gasteiger charge is -2.32. The van der Waals surface area contributed by atoms with Crippen molar-refractivity contribution < 1.29 is 28.7 Å². The van der Waals surface area contributed by atoms with Crippen LogP contribution >= 0.6 is 0 Å². The molecule has 4 atom stereocenters. The molecule has 1 aromatic carbocycles. The number of methoxy groups -OCH3 is 2. The van der Waals surface area contributed by atoms with E-state index in [1.165, 1.54) is 20.6 Å². The number of nitrogens with one attached hydrogen (secondary N) is 1. The zero-order valence-corrected chi connectivity index (χ0v) is 17.9. The summed E-state index contributed by atoms with van der Waals surface area (Å²) < 4.78 is 10.3. The number of imide groups is 2. The Bertz CT molecular complexity index is 910. The molecule has 166 valence electrons. The standard InChI is InChI=1S/C22H27N3O6/c1-12(18-7-13-4-5-14(18)6-13)25-21(28)20(27)24(22(25)29)11-19(26)23-15-8-16(30-2)10-17(9-15)31-3/h8-10,12-14,18H,4-7,11H2,1-3H3,(H,23,26). The minimum atomic E-state index is -0.960. The summed E-state index contributed by atoms with van der Waals surface area (Å²) >= 11 is 0. The summed E-state index contributed by atoms with van der Waals surface area (Å²) in [7, 11) is 2.97. The van der Waals surface area contributed by atoms with Crippen LogP contribution in [0.3, 0.4) is 0 Å². The molecule has 0 radical (unpaired) electrons. The highest BCUT2D eigenvalue weighted by Gasteiger charge is 2.52. The van der Waals surface area contributed by atoms with E-state index in [1.54, 1.807) is 18.2 Å². The minimum absolute atomic E-state index is 0.220. The van der Waals surface area contributed by atoms with E-state index < -0.39 is 30.3 Å². The second-order valence-electron chi connectivity index (χ2n) is 8.58. The zero-order chi connectivity index (χ0) is 22.3. The van der Waals surface area contributed by atoms with Gasteiger partial charge in [0.25, 0.3) is 0 Å². The van der Waals surface area contributed by atoms with Crippen LogP contribution in [0.15, 0.2) is 18.2 Å². The van der Waals surface area contributed by atoms with Crippen LogP contribution in [0.25, 0.3) is 0 Å². The minimum Gasteiger partial charge on any atom is -0.497 e. The van der Waals surface area contributed by atoms with Crippen LogP contribution in [0, 0.1) is 17.8 Å². The molecule has 2 aliphatic carbocycles. The SMILES string of the molecule is COc1cc(NC(=O)CN2C(=O)C(=O)N(C(C)C3CC4CCC3C4)C2=O)cc(OC)c1. The topological polar surface area (TPSA) is 105 Å². The van der Waals surface area contributed by atoms with Gasteiger partial charge in [-0.05, 0) is 43.9 Å². The highest BCUT2D eigenvalue weighted by atomic mass is 16.5. The molecule has 1 aromatic rings. The molecule has 4 unspecified atom stereocenters. The van der Waals surface area contributed by atoms with Crippen LogP contribution in [-0.4, -0.2) is 60.4 Å². The zero-order valence-electron chi connectivity index (χ0n) is 17.9. The van der Waals surface area contributed by atoms with E-state index in [-0.39, 0.29) is 12.0 Å². The smallest absolute Gasteiger partial charge is 0.334 e. The molecular weight excluding hydrogens is 402 g/mol. The van der Waals surface area contributed by atoms with Crippen molar-refractivity contribution in [2.24, 2.45) is 17.8 Å². The first kappa shape index (κ1) is 21.1. The summed E-state index contributed by atoms with van der Waals surface area (Å²) in [5, 5.41) is 2.62. The highest BCUT2D eigenvalue weighted by molar-refractivity contribution is 6.45. The van der Waals surface area contributed by atoms with Crippen molar-refractivity contribution in [1.82, 2.24) is 9.80 Å². The van der Waals surface area contributed by atoms with Crippen LogP contribution in [0.5, 0.6) is 11.5 Å². The van der Waals surface area contributed by atoms with E-state index in [0.29, 0.717) is 29.0 Å². The molecular formula is C22H27N3O6. The van der Waals surface area contributed by atoms with Crippen molar-refractivity contribution in [2.75, 3.05) is 26.1 Å². The second-order valence-corrected chi connectivity index (χ2v) is 8.58. The average Bonchev–Trinajstić information content (AvgIpc) is 3.44. The lowest BCUT2D eigenvalue weighted by atomic mass is 9.83. The first-order valence-electron chi connectivity index (χ1n) is 10.5. The summed E-state index contributed by atoms with van der Waals surface area (Å²) in [5.74, 6) is -0.0852. The number of hydrogen-bond donors (Lipinski definition) is 1. The van der Waals surface area contributed by atoms with Crippen molar-refractivity contribution in [2.45, 2.75) is 38.6 Å². The number of ether oxygens (including phenoxy) is 2. The fraction of sp³-hybridized carbons (Fsp3) is 0.545. The largest absolute Gasteiger partial charge is 0.497 e. The van der Waals surface area contributed by atoms with Crippen molar-refractivity contribution in [1.29, 1.82) is 0 Å². The number of carbonyl (C=O) groups excluding carboxylic acids is 4. The van der Waals surface area contributed by atoms with Crippen LogP contribution in [0.1, 0.15) is 32.6 Å². The molecule has 9 heteroatoms. The van der Waals surface area contributed by atoms with Crippen LogP contribution in [0.2, 0.25) is 0 Å². The number of rotatable bonds is 7. The van der Waals surface area contributed by atoms with Crippen molar-refractivity contribution >= 4 is 29.4 Å². The fourth-order valence-corrected chi connectivity index (χ4v) is 5.32. The Balaban J connectivity index is 1.44. The Hall–Kier alpha value is -3.10.